The number of hydrogen-bond acceptors (Lipinski definition) is 8. The highest BCUT2D eigenvalue weighted by molar-refractivity contribution is 6.46. The van der Waals surface area contributed by atoms with Gasteiger partial charge in [0.15, 0.2) is 0 Å². The Morgan fingerprint density at radius 1 is 0.250 bits per heavy atom. The molecule has 0 unspecified atom stereocenters. The Hall–Kier alpha value is -10.2. The van der Waals surface area contributed by atoms with Crippen molar-refractivity contribution in [2.45, 2.75) is 182 Å². The number of unbranched alkanes of at least 4 members (excludes halogenated alkanes) is 12. The lowest BCUT2D eigenvalue weighted by atomic mass is 9.81. The lowest BCUT2D eigenvalue weighted by Crippen LogP contribution is -2.47. The lowest BCUT2D eigenvalue weighted by Gasteiger charge is -2.35. The van der Waals surface area contributed by atoms with Gasteiger partial charge in [-0.2, -0.15) is 0 Å². The van der Waals surface area contributed by atoms with Gasteiger partial charge in [0.2, 0.25) is 0 Å². The fourth-order valence-corrected chi connectivity index (χ4v) is 18.0. The van der Waals surface area contributed by atoms with Crippen LogP contribution in [0.5, 0.6) is 0 Å². The average Bonchev–Trinajstić information content (AvgIpc) is 0.694. The van der Waals surface area contributed by atoms with Crippen molar-refractivity contribution in [3.05, 3.63) is 189 Å². The van der Waals surface area contributed by atoms with Gasteiger partial charge in [-0.15, -0.1) is 0 Å². The highest BCUT2D eigenvalue weighted by Crippen LogP contribution is 2.52. The van der Waals surface area contributed by atoms with Gasteiger partial charge >= 0.3 is 0 Å². The Labute approximate surface area is 581 Å². The van der Waals surface area contributed by atoms with Crippen LogP contribution in [0.25, 0.3) is 97.3 Å². The monoisotopic (exact) mass is 1320 g/mol. The minimum atomic E-state index is -0.537. The van der Waals surface area contributed by atoms with Crippen molar-refractivity contribution in [2.75, 3.05) is 9.80 Å². The van der Waals surface area contributed by atoms with Gasteiger partial charge in [-0.25, -0.2) is 9.80 Å². The topological polar surface area (TPSA) is 150 Å². The molecule has 0 spiro atoms. The number of anilines is 2. The SMILES string of the molecule is CCCCCCC(CCCCCC)N1C(=O)c2ccc3c4ccc5c6c(ccc(c7ccc(c2c37)C1=O)c64)C(=O)N(c1cccc(C)c1-c1c(C)cccc1N1C(=O)c2ccc3c4ccc6c7c(ccc(c8ccc(c2c38)C1=O)c74)C(=O)N(C(CCCCCC)CCCCCC)C6=O)C5=O. The molecule has 4 aliphatic rings. The molecule has 502 valence electrons. The average molecular weight is 1320 g/mol. The second-order valence-corrected chi connectivity index (χ2v) is 28.8. The van der Waals surface area contributed by atoms with Crippen molar-refractivity contribution in [1.29, 1.82) is 0 Å². The second kappa shape index (κ2) is 25.5. The Morgan fingerprint density at radius 2 is 0.470 bits per heavy atom. The van der Waals surface area contributed by atoms with E-state index in [2.05, 4.69) is 27.7 Å². The number of rotatable bonds is 25. The number of hydrogen-bond donors (Lipinski definition) is 0. The standard InChI is InChI=1S/C88H82N4O8/c1-7-11-15-19-27-51(28-20-16-12-8-2)89-81(93)61-41-33-53-57-37-45-65-79-66(46-38-58(75(57)79)54-34-42-62(82(89)94)77(61)73(53)54)86(98)91(85(65)97)69-31-23-25-49(5)71(69)72-50(6)26-24-32-70(72)92-87(99)67-47-39-59-55-35-43-63-78-64(44-36-56(74(55)78)60-40-48-68(88(92)100)80(67)76(59)60)84(96)90(83(63)95)52(29-21-17-13-9-3)30-22-18-14-10-4/h23-26,31-48,51-52H,7-22,27-30H2,1-6H3. The molecule has 0 N–H and O–H groups in total. The molecule has 0 bridgehead atoms. The van der Waals surface area contributed by atoms with Gasteiger partial charge in [-0.1, -0.05) is 203 Å². The molecular formula is C88H82N4O8. The van der Waals surface area contributed by atoms with E-state index in [4.69, 9.17) is 0 Å². The number of benzene rings is 12. The third kappa shape index (κ3) is 9.65. The van der Waals surface area contributed by atoms with Gasteiger partial charge < -0.3 is 0 Å². The number of carbonyl (C=O) groups excluding carboxylic acids is 8. The second-order valence-electron chi connectivity index (χ2n) is 28.8. The summed E-state index contributed by atoms with van der Waals surface area (Å²) in [7, 11) is 0. The molecular weight excluding hydrogens is 1240 g/mol. The quantitative estimate of drug-likeness (QED) is 0.0238. The molecule has 4 heterocycles. The maximum absolute atomic E-state index is 15.7. The Balaban J connectivity index is 0.751. The number of carbonyl (C=O) groups is 8. The van der Waals surface area contributed by atoms with Crippen LogP contribution in [0.4, 0.5) is 11.4 Å². The highest BCUT2D eigenvalue weighted by Gasteiger charge is 2.44. The smallest absolute Gasteiger partial charge is 0.266 e. The predicted octanol–water partition coefficient (Wildman–Crippen LogP) is 21.5. The summed E-state index contributed by atoms with van der Waals surface area (Å²) in [6, 6.07) is 40.6. The van der Waals surface area contributed by atoms with Crippen molar-refractivity contribution in [1.82, 2.24) is 9.80 Å². The molecule has 16 rings (SSSR count). The summed E-state index contributed by atoms with van der Waals surface area (Å²) >= 11 is 0. The van der Waals surface area contributed by atoms with Crippen LogP contribution in [-0.4, -0.2) is 69.1 Å². The molecule has 0 aliphatic carbocycles. The summed E-state index contributed by atoms with van der Waals surface area (Å²) in [5.41, 5.74) is 6.32. The Kier molecular flexibility index (Phi) is 16.4. The molecule has 12 heteroatoms. The van der Waals surface area contributed by atoms with E-state index in [1.807, 2.05) is 98.8 Å². The first-order valence-corrected chi connectivity index (χ1v) is 36.9. The maximum atomic E-state index is 15.7. The van der Waals surface area contributed by atoms with E-state index >= 15 is 19.2 Å². The van der Waals surface area contributed by atoms with E-state index in [1.165, 1.54) is 9.80 Å². The minimum Gasteiger partial charge on any atom is -0.271 e. The predicted molar refractivity (Wildman–Crippen MR) is 403 cm³/mol. The fraction of sp³-hybridized carbons (Fsp3) is 0.318. The van der Waals surface area contributed by atoms with Crippen LogP contribution in [0.15, 0.2) is 133 Å². The van der Waals surface area contributed by atoms with Gasteiger partial charge in [-0.3, -0.25) is 48.2 Å². The number of aryl methyl sites for hydroxylation is 2. The molecule has 12 aromatic carbocycles. The normalized spacial score (nSPS) is 14.8. The van der Waals surface area contributed by atoms with E-state index in [9.17, 15) is 19.2 Å². The number of fused-ring (bicyclic) bond motifs is 4. The summed E-state index contributed by atoms with van der Waals surface area (Å²) in [5, 5.41) is 11.8. The third-order valence-corrected chi connectivity index (χ3v) is 22.9. The molecule has 0 saturated heterocycles. The molecule has 12 nitrogen and oxygen atoms in total. The molecule has 12 aromatic rings. The van der Waals surface area contributed by atoms with Crippen LogP contribution in [0, 0.1) is 13.8 Å². The van der Waals surface area contributed by atoms with E-state index < -0.39 is 23.6 Å². The molecule has 100 heavy (non-hydrogen) atoms. The first-order chi connectivity index (χ1) is 48.7. The van der Waals surface area contributed by atoms with Gasteiger partial charge in [0.1, 0.15) is 0 Å². The number of nitrogens with zero attached hydrogens (tertiary/aromatic N) is 4. The van der Waals surface area contributed by atoms with E-state index in [1.54, 1.807) is 58.3 Å². The summed E-state index contributed by atoms with van der Waals surface area (Å²) in [5.74, 6) is -3.19. The van der Waals surface area contributed by atoms with Crippen LogP contribution in [0.2, 0.25) is 0 Å². The Bertz CT molecular complexity index is 4920. The van der Waals surface area contributed by atoms with Crippen LogP contribution in [0.1, 0.15) is 250 Å². The Morgan fingerprint density at radius 3 is 0.690 bits per heavy atom. The van der Waals surface area contributed by atoms with E-state index in [-0.39, 0.29) is 47.1 Å². The highest BCUT2D eigenvalue weighted by atomic mass is 16.2. The van der Waals surface area contributed by atoms with Crippen molar-refractivity contribution in [3.8, 4) is 11.1 Å². The zero-order valence-corrected chi connectivity index (χ0v) is 58.1. The third-order valence-electron chi connectivity index (χ3n) is 22.9. The first-order valence-electron chi connectivity index (χ1n) is 36.9. The molecule has 4 aliphatic heterocycles. The van der Waals surface area contributed by atoms with Gasteiger partial charge in [0.05, 0.1) is 11.4 Å². The van der Waals surface area contributed by atoms with Crippen LogP contribution in [-0.2, 0) is 0 Å². The largest absolute Gasteiger partial charge is 0.271 e. The zero-order chi connectivity index (χ0) is 69.1. The minimum absolute atomic E-state index is 0.197. The zero-order valence-electron chi connectivity index (χ0n) is 58.1. The summed E-state index contributed by atoms with van der Waals surface area (Å²) in [6.07, 6.45) is 20.0. The van der Waals surface area contributed by atoms with Gasteiger partial charge in [0, 0.05) is 89.3 Å². The summed E-state index contributed by atoms with van der Waals surface area (Å²) in [6.45, 7) is 12.5. The molecule has 0 fully saturated rings. The van der Waals surface area contributed by atoms with Crippen LogP contribution < -0.4 is 9.80 Å². The van der Waals surface area contributed by atoms with E-state index in [0.717, 1.165) is 193 Å². The van der Waals surface area contributed by atoms with Crippen molar-refractivity contribution >= 4 is 145 Å². The molecule has 0 saturated carbocycles. The van der Waals surface area contributed by atoms with E-state index in [0.29, 0.717) is 88.3 Å². The van der Waals surface area contributed by atoms with Crippen molar-refractivity contribution < 1.29 is 38.4 Å². The van der Waals surface area contributed by atoms with Gasteiger partial charge in [0.25, 0.3) is 47.3 Å². The fourth-order valence-electron chi connectivity index (χ4n) is 18.0. The van der Waals surface area contributed by atoms with Crippen LogP contribution >= 0.6 is 0 Å². The number of imide groups is 4. The maximum Gasteiger partial charge on any atom is 0.266 e. The van der Waals surface area contributed by atoms with Crippen molar-refractivity contribution in [3.63, 3.8) is 0 Å². The number of amides is 8. The van der Waals surface area contributed by atoms with Gasteiger partial charge in [-0.05, 0) is 176 Å². The lowest BCUT2D eigenvalue weighted by molar-refractivity contribution is 0.0501. The molecule has 0 atom stereocenters. The molecule has 8 amide bonds. The first kappa shape index (κ1) is 64.5. The van der Waals surface area contributed by atoms with Crippen molar-refractivity contribution in [2.24, 2.45) is 0 Å². The molecule has 0 aromatic heterocycles. The van der Waals surface area contributed by atoms with Crippen LogP contribution in [0.3, 0.4) is 0 Å². The summed E-state index contributed by atoms with van der Waals surface area (Å²) in [4.78, 5) is 128. The molecule has 0 radical (unpaired) electrons. The summed E-state index contributed by atoms with van der Waals surface area (Å²) < 4.78 is 0.